The summed E-state index contributed by atoms with van der Waals surface area (Å²) in [6.07, 6.45) is 2.92. The summed E-state index contributed by atoms with van der Waals surface area (Å²) in [5.41, 5.74) is 3.19. The molecule has 0 saturated carbocycles. The number of carbonyl (C=O) groups excluding carboxylic acids is 1. The van der Waals surface area contributed by atoms with Gasteiger partial charge in [-0.25, -0.2) is 9.78 Å². The molecule has 2 aromatic rings. The molecule has 1 aromatic heterocycles. The van der Waals surface area contributed by atoms with E-state index in [9.17, 15) is 4.79 Å². The van der Waals surface area contributed by atoms with Gasteiger partial charge in [0.05, 0.1) is 25.9 Å². The first-order valence-electron chi connectivity index (χ1n) is 5.83. The van der Waals surface area contributed by atoms with Crippen molar-refractivity contribution < 1.29 is 18.7 Å². The predicted octanol–water partition coefficient (Wildman–Crippen LogP) is 2.49. The number of aromatic nitrogens is 1. The van der Waals surface area contributed by atoms with Crippen LogP contribution >= 0.6 is 0 Å². The summed E-state index contributed by atoms with van der Waals surface area (Å²) in [5, 5.41) is 0. The third-order valence-corrected chi connectivity index (χ3v) is 2.70. The maximum atomic E-state index is 11.4. The number of benzene rings is 1. The molecule has 5 nitrogen and oxygen atoms in total. The fraction of sp³-hybridized carbons (Fsp3) is 0.286. The highest BCUT2D eigenvalue weighted by Crippen LogP contribution is 2.13. The summed E-state index contributed by atoms with van der Waals surface area (Å²) in [7, 11) is 1.37. The minimum Gasteiger partial charge on any atom is -0.465 e. The van der Waals surface area contributed by atoms with Crippen molar-refractivity contribution in [2.45, 2.75) is 20.1 Å². The molecule has 2 rings (SSSR count). The molecule has 0 spiro atoms. The van der Waals surface area contributed by atoms with E-state index in [4.69, 9.17) is 13.9 Å². The lowest BCUT2D eigenvalue weighted by Gasteiger charge is -2.07. The van der Waals surface area contributed by atoms with Gasteiger partial charge >= 0.3 is 5.97 Å². The van der Waals surface area contributed by atoms with E-state index in [0.717, 1.165) is 16.8 Å². The quantitative estimate of drug-likeness (QED) is 0.774. The Hall–Kier alpha value is -2.14. The molecule has 0 radical (unpaired) electrons. The number of nitrogens with zero attached hydrogens (tertiary/aromatic N) is 1. The number of ether oxygens (including phenoxy) is 2. The van der Waals surface area contributed by atoms with Gasteiger partial charge in [0.25, 0.3) is 0 Å². The van der Waals surface area contributed by atoms with Gasteiger partial charge in [-0.15, -0.1) is 0 Å². The maximum Gasteiger partial charge on any atom is 0.338 e. The van der Waals surface area contributed by atoms with Gasteiger partial charge in [0, 0.05) is 0 Å². The first-order chi connectivity index (χ1) is 9.20. The van der Waals surface area contributed by atoms with Crippen LogP contribution in [0.4, 0.5) is 0 Å². The van der Waals surface area contributed by atoms with Crippen LogP contribution in [0.25, 0.3) is 0 Å². The van der Waals surface area contributed by atoms with E-state index < -0.39 is 0 Å². The Balaban J connectivity index is 1.94. The standard InChI is InChI=1S/C14H15NO4/c1-10-5-11(3-4-13(10)14(16)17-2)6-18-7-12-8-19-9-15-12/h3-5,8-9H,6-7H2,1-2H3. The van der Waals surface area contributed by atoms with Crippen LogP contribution in [0.5, 0.6) is 0 Å². The van der Waals surface area contributed by atoms with E-state index in [1.165, 1.54) is 13.5 Å². The van der Waals surface area contributed by atoms with Crippen molar-refractivity contribution in [1.82, 2.24) is 4.98 Å². The van der Waals surface area contributed by atoms with Crippen LogP contribution in [0, 0.1) is 6.92 Å². The summed E-state index contributed by atoms with van der Waals surface area (Å²) in [6.45, 7) is 2.72. The Kier molecular flexibility index (Phi) is 4.30. The van der Waals surface area contributed by atoms with Crippen molar-refractivity contribution in [1.29, 1.82) is 0 Å². The Bertz CT molecular complexity index is 549. The van der Waals surface area contributed by atoms with Gasteiger partial charge in [0.15, 0.2) is 6.39 Å². The molecule has 0 unspecified atom stereocenters. The first-order valence-corrected chi connectivity index (χ1v) is 5.83. The minimum absolute atomic E-state index is 0.326. The molecule has 0 saturated heterocycles. The average molecular weight is 261 g/mol. The topological polar surface area (TPSA) is 61.6 Å². The van der Waals surface area contributed by atoms with Crippen LogP contribution in [0.3, 0.4) is 0 Å². The molecule has 1 aromatic carbocycles. The zero-order valence-electron chi connectivity index (χ0n) is 10.9. The molecule has 0 fully saturated rings. The highest BCUT2D eigenvalue weighted by molar-refractivity contribution is 5.90. The third-order valence-electron chi connectivity index (χ3n) is 2.70. The lowest BCUT2D eigenvalue weighted by Crippen LogP contribution is -2.04. The van der Waals surface area contributed by atoms with Gasteiger partial charge in [-0.1, -0.05) is 12.1 Å². The number of hydrogen-bond donors (Lipinski definition) is 0. The van der Waals surface area contributed by atoms with E-state index >= 15 is 0 Å². The summed E-state index contributed by atoms with van der Waals surface area (Å²) < 4.78 is 15.1. The molecule has 0 N–H and O–H groups in total. The number of aryl methyl sites for hydroxylation is 1. The molecule has 0 aliphatic rings. The fourth-order valence-corrected chi connectivity index (χ4v) is 1.74. The summed E-state index contributed by atoms with van der Waals surface area (Å²) >= 11 is 0. The highest BCUT2D eigenvalue weighted by atomic mass is 16.5. The van der Waals surface area contributed by atoms with Crippen LogP contribution < -0.4 is 0 Å². The zero-order valence-corrected chi connectivity index (χ0v) is 10.9. The smallest absolute Gasteiger partial charge is 0.338 e. The van der Waals surface area contributed by atoms with E-state index in [2.05, 4.69) is 4.98 Å². The Morgan fingerprint density at radius 3 is 2.84 bits per heavy atom. The fourth-order valence-electron chi connectivity index (χ4n) is 1.74. The second-order valence-corrected chi connectivity index (χ2v) is 4.11. The van der Waals surface area contributed by atoms with Crippen molar-refractivity contribution in [3.05, 3.63) is 53.2 Å². The zero-order chi connectivity index (χ0) is 13.7. The number of esters is 1. The van der Waals surface area contributed by atoms with Gasteiger partial charge in [0.1, 0.15) is 12.0 Å². The summed E-state index contributed by atoms with van der Waals surface area (Å²) in [6, 6.07) is 5.51. The molecule has 19 heavy (non-hydrogen) atoms. The molecule has 0 amide bonds. The Morgan fingerprint density at radius 2 is 2.21 bits per heavy atom. The van der Waals surface area contributed by atoms with Crippen molar-refractivity contribution in [2.75, 3.05) is 7.11 Å². The van der Waals surface area contributed by atoms with E-state index in [1.54, 1.807) is 12.3 Å². The number of rotatable bonds is 5. The lowest BCUT2D eigenvalue weighted by atomic mass is 10.1. The maximum absolute atomic E-state index is 11.4. The van der Waals surface area contributed by atoms with E-state index in [1.807, 2.05) is 19.1 Å². The van der Waals surface area contributed by atoms with Crippen LogP contribution in [-0.2, 0) is 22.7 Å². The van der Waals surface area contributed by atoms with Crippen LogP contribution in [-0.4, -0.2) is 18.1 Å². The van der Waals surface area contributed by atoms with Crippen molar-refractivity contribution in [3.63, 3.8) is 0 Å². The van der Waals surface area contributed by atoms with Gasteiger partial charge in [-0.2, -0.15) is 0 Å². The van der Waals surface area contributed by atoms with Crippen molar-refractivity contribution in [3.8, 4) is 0 Å². The van der Waals surface area contributed by atoms with Gasteiger partial charge in [0.2, 0.25) is 0 Å². The SMILES string of the molecule is COC(=O)c1ccc(COCc2cocn2)cc1C. The lowest BCUT2D eigenvalue weighted by molar-refractivity contribution is 0.0599. The van der Waals surface area contributed by atoms with Crippen LogP contribution in [0.2, 0.25) is 0 Å². The minimum atomic E-state index is -0.326. The molecular formula is C14H15NO4. The number of carbonyl (C=O) groups is 1. The largest absolute Gasteiger partial charge is 0.465 e. The Morgan fingerprint density at radius 1 is 1.37 bits per heavy atom. The first kappa shape index (κ1) is 13.3. The number of oxazole rings is 1. The molecular weight excluding hydrogens is 246 g/mol. The summed E-state index contributed by atoms with van der Waals surface area (Å²) in [4.78, 5) is 15.4. The number of hydrogen-bond acceptors (Lipinski definition) is 5. The second kappa shape index (κ2) is 6.15. The monoisotopic (exact) mass is 261 g/mol. The van der Waals surface area contributed by atoms with Crippen LogP contribution in [0.1, 0.15) is 27.2 Å². The summed E-state index contributed by atoms with van der Waals surface area (Å²) in [5.74, 6) is -0.326. The normalized spacial score (nSPS) is 10.4. The van der Waals surface area contributed by atoms with Gasteiger partial charge < -0.3 is 13.9 Å². The van der Waals surface area contributed by atoms with Crippen molar-refractivity contribution in [2.24, 2.45) is 0 Å². The van der Waals surface area contributed by atoms with Crippen LogP contribution in [0.15, 0.2) is 35.3 Å². The molecule has 100 valence electrons. The van der Waals surface area contributed by atoms with Crippen molar-refractivity contribution >= 4 is 5.97 Å². The molecule has 0 aliphatic heterocycles. The van der Waals surface area contributed by atoms with E-state index in [-0.39, 0.29) is 5.97 Å². The number of methoxy groups -OCH3 is 1. The highest BCUT2D eigenvalue weighted by Gasteiger charge is 2.09. The van der Waals surface area contributed by atoms with E-state index in [0.29, 0.717) is 18.8 Å². The molecule has 0 bridgehead atoms. The molecule has 1 heterocycles. The Labute approximate surface area is 111 Å². The molecule has 0 aliphatic carbocycles. The second-order valence-electron chi connectivity index (χ2n) is 4.11. The third kappa shape index (κ3) is 3.42. The molecule has 0 atom stereocenters. The average Bonchev–Trinajstić information content (AvgIpc) is 2.91. The van der Waals surface area contributed by atoms with Gasteiger partial charge in [-0.3, -0.25) is 0 Å². The van der Waals surface area contributed by atoms with Gasteiger partial charge in [-0.05, 0) is 24.1 Å². The molecule has 5 heteroatoms. The predicted molar refractivity (Wildman–Crippen MR) is 67.5 cm³/mol.